The molecule has 0 spiro atoms. The summed E-state index contributed by atoms with van der Waals surface area (Å²) >= 11 is 0. The zero-order valence-electron chi connectivity index (χ0n) is 12.6. The number of fused-ring (bicyclic) bond motifs is 1. The third-order valence-corrected chi connectivity index (χ3v) is 3.78. The molecule has 2 aromatic carbocycles. The number of aryl methyl sites for hydroxylation is 1. The Kier molecular flexibility index (Phi) is 3.27. The first-order valence-electron chi connectivity index (χ1n) is 7.19. The van der Waals surface area contributed by atoms with E-state index < -0.39 is 0 Å². The van der Waals surface area contributed by atoms with Crippen molar-refractivity contribution in [3.8, 4) is 11.3 Å². The standard InChI is InChI=1S/C19H18N2/c1-13(2)21-18-9-8-17(20-4)11-16(18)12-19(21)15-7-5-6-14(3)10-15/h5-13H,1-3H3. The van der Waals surface area contributed by atoms with Crippen molar-refractivity contribution in [2.24, 2.45) is 0 Å². The minimum absolute atomic E-state index is 0.372. The highest BCUT2D eigenvalue weighted by Gasteiger charge is 2.13. The average Bonchev–Trinajstić information content (AvgIpc) is 2.85. The fraction of sp³-hybridized carbons (Fsp3) is 0.211. The van der Waals surface area contributed by atoms with Crippen LogP contribution in [-0.2, 0) is 0 Å². The summed E-state index contributed by atoms with van der Waals surface area (Å²) in [6, 6.07) is 17.1. The molecular formula is C19H18N2. The smallest absolute Gasteiger partial charge is 0.187 e. The highest BCUT2D eigenvalue weighted by atomic mass is 15.0. The predicted molar refractivity (Wildman–Crippen MR) is 88.8 cm³/mol. The quantitative estimate of drug-likeness (QED) is 0.526. The molecule has 0 atom stereocenters. The fourth-order valence-electron chi connectivity index (χ4n) is 2.88. The highest BCUT2D eigenvalue weighted by molar-refractivity contribution is 5.90. The molecule has 2 heteroatoms. The largest absolute Gasteiger partial charge is 0.338 e. The number of benzene rings is 2. The molecule has 0 N–H and O–H groups in total. The number of rotatable bonds is 2. The Balaban J connectivity index is 2.31. The molecule has 0 unspecified atom stereocenters. The number of aromatic nitrogens is 1. The van der Waals surface area contributed by atoms with Gasteiger partial charge in [0.05, 0.1) is 6.57 Å². The first-order chi connectivity index (χ1) is 10.1. The second-order valence-electron chi connectivity index (χ2n) is 5.72. The maximum Gasteiger partial charge on any atom is 0.187 e. The minimum atomic E-state index is 0.372. The summed E-state index contributed by atoms with van der Waals surface area (Å²) in [5, 5.41) is 1.13. The molecule has 1 heterocycles. The van der Waals surface area contributed by atoms with Crippen molar-refractivity contribution >= 4 is 16.6 Å². The van der Waals surface area contributed by atoms with E-state index >= 15 is 0 Å². The van der Waals surface area contributed by atoms with Gasteiger partial charge in [0.2, 0.25) is 0 Å². The van der Waals surface area contributed by atoms with E-state index in [0.29, 0.717) is 11.7 Å². The second-order valence-corrected chi connectivity index (χ2v) is 5.72. The molecular weight excluding hydrogens is 256 g/mol. The van der Waals surface area contributed by atoms with Crippen molar-refractivity contribution < 1.29 is 0 Å². The van der Waals surface area contributed by atoms with E-state index in [9.17, 15) is 0 Å². The summed E-state index contributed by atoms with van der Waals surface area (Å²) in [5.74, 6) is 0. The lowest BCUT2D eigenvalue weighted by molar-refractivity contribution is 0.629. The van der Waals surface area contributed by atoms with Gasteiger partial charge in [0.25, 0.3) is 0 Å². The van der Waals surface area contributed by atoms with Gasteiger partial charge in [0, 0.05) is 17.3 Å². The summed E-state index contributed by atoms with van der Waals surface area (Å²) in [4.78, 5) is 3.53. The SMILES string of the molecule is [C-]#[N+]c1ccc2c(c1)cc(-c1cccc(C)c1)n2C(C)C. The summed E-state index contributed by atoms with van der Waals surface area (Å²) in [7, 11) is 0. The van der Waals surface area contributed by atoms with Crippen molar-refractivity contribution in [1.29, 1.82) is 0 Å². The maximum atomic E-state index is 7.17. The van der Waals surface area contributed by atoms with Gasteiger partial charge in [-0.15, -0.1) is 0 Å². The van der Waals surface area contributed by atoms with E-state index in [-0.39, 0.29) is 0 Å². The summed E-state index contributed by atoms with van der Waals surface area (Å²) in [5.41, 5.74) is 5.58. The van der Waals surface area contributed by atoms with Crippen LogP contribution in [0.3, 0.4) is 0 Å². The lowest BCUT2D eigenvalue weighted by Gasteiger charge is -2.15. The monoisotopic (exact) mass is 274 g/mol. The molecule has 1 aromatic heterocycles. The Labute approximate surface area is 125 Å². The van der Waals surface area contributed by atoms with Crippen LogP contribution < -0.4 is 0 Å². The van der Waals surface area contributed by atoms with Gasteiger partial charge >= 0.3 is 0 Å². The minimum Gasteiger partial charge on any atom is -0.338 e. The first-order valence-corrected chi connectivity index (χ1v) is 7.19. The Morgan fingerprint density at radius 3 is 2.52 bits per heavy atom. The Bertz CT molecular complexity index is 848. The van der Waals surface area contributed by atoms with E-state index in [4.69, 9.17) is 6.57 Å². The molecule has 3 aromatic rings. The fourth-order valence-corrected chi connectivity index (χ4v) is 2.88. The molecule has 0 aliphatic rings. The van der Waals surface area contributed by atoms with Gasteiger partial charge in [-0.25, -0.2) is 4.85 Å². The van der Waals surface area contributed by atoms with Crippen molar-refractivity contribution in [2.75, 3.05) is 0 Å². The van der Waals surface area contributed by atoms with Gasteiger partial charge in [-0.05, 0) is 56.0 Å². The molecule has 0 saturated heterocycles. The van der Waals surface area contributed by atoms with Gasteiger partial charge in [-0.2, -0.15) is 0 Å². The van der Waals surface area contributed by atoms with Crippen LogP contribution in [0, 0.1) is 13.5 Å². The number of hydrogen-bond donors (Lipinski definition) is 0. The Morgan fingerprint density at radius 2 is 1.86 bits per heavy atom. The predicted octanol–water partition coefficient (Wildman–Crippen LogP) is 5.75. The normalized spacial score (nSPS) is 11.0. The first kappa shape index (κ1) is 13.5. The van der Waals surface area contributed by atoms with Crippen LogP contribution in [0.1, 0.15) is 25.5 Å². The van der Waals surface area contributed by atoms with E-state index in [1.807, 2.05) is 12.1 Å². The van der Waals surface area contributed by atoms with Crippen LogP contribution in [0.2, 0.25) is 0 Å². The summed E-state index contributed by atoms with van der Waals surface area (Å²) in [6.07, 6.45) is 0. The van der Waals surface area contributed by atoms with Crippen LogP contribution in [0.4, 0.5) is 5.69 Å². The van der Waals surface area contributed by atoms with E-state index in [2.05, 4.69) is 66.6 Å². The molecule has 0 aliphatic carbocycles. The molecule has 21 heavy (non-hydrogen) atoms. The van der Waals surface area contributed by atoms with Crippen molar-refractivity contribution in [1.82, 2.24) is 4.57 Å². The summed E-state index contributed by atoms with van der Waals surface area (Å²) in [6.45, 7) is 13.7. The van der Waals surface area contributed by atoms with Crippen molar-refractivity contribution in [2.45, 2.75) is 26.8 Å². The molecule has 0 bridgehead atoms. The zero-order valence-corrected chi connectivity index (χ0v) is 12.6. The Morgan fingerprint density at radius 1 is 1.05 bits per heavy atom. The zero-order chi connectivity index (χ0) is 15.0. The van der Waals surface area contributed by atoms with Crippen LogP contribution in [-0.4, -0.2) is 4.57 Å². The van der Waals surface area contributed by atoms with Crippen LogP contribution in [0.25, 0.3) is 27.0 Å². The lowest BCUT2D eigenvalue weighted by atomic mass is 10.1. The highest BCUT2D eigenvalue weighted by Crippen LogP contribution is 2.33. The molecule has 104 valence electrons. The molecule has 2 nitrogen and oxygen atoms in total. The van der Waals surface area contributed by atoms with Crippen molar-refractivity contribution in [3.63, 3.8) is 0 Å². The molecule has 3 rings (SSSR count). The molecule has 0 aliphatic heterocycles. The molecule has 0 fully saturated rings. The average molecular weight is 274 g/mol. The molecule has 0 amide bonds. The second kappa shape index (κ2) is 5.10. The third-order valence-electron chi connectivity index (χ3n) is 3.78. The van der Waals surface area contributed by atoms with Gasteiger partial charge < -0.3 is 4.57 Å². The molecule has 0 radical (unpaired) electrons. The summed E-state index contributed by atoms with van der Waals surface area (Å²) < 4.78 is 2.35. The maximum absolute atomic E-state index is 7.17. The lowest BCUT2D eigenvalue weighted by Crippen LogP contribution is -2.02. The number of nitrogens with zero attached hydrogens (tertiary/aromatic N) is 2. The van der Waals surface area contributed by atoms with Gasteiger partial charge in [-0.1, -0.05) is 29.8 Å². The van der Waals surface area contributed by atoms with Crippen LogP contribution >= 0.6 is 0 Å². The van der Waals surface area contributed by atoms with Gasteiger partial charge in [0.15, 0.2) is 5.69 Å². The van der Waals surface area contributed by atoms with E-state index in [1.165, 1.54) is 22.3 Å². The molecule has 0 saturated carbocycles. The van der Waals surface area contributed by atoms with E-state index in [1.54, 1.807) is 0 Å². The topological polar surface area (TPSA) is 9.29 Å². The van der Waals surface area contributed by atoms with Crippen molar-refractivity contribution in [3.05, 3.63) is 65.5 Å². The Hall–Kier alpha value is -2.53. The van der Waals surface area contributed by atoms with Crippen LogP contribution in [0.15, 0.2) is 48.5 Å². The van der Waals surface area contributed by atoms with Gasteiger partial charge in [-0.3, -0.25) is 0 Å². The van der Waals surface area contributed by atoms with E-state index in [0.717, 1.165) is 5.39 Å². The third kappa shape index (κ3) is 2.32. The van der Waals surface area contributed by atoms with Crippen LogP contribution in [0.5, 0.6) is 0 Å². The number of hydrogen-bond acceptors (Lipinski definition) is 0. The van der Waals surface area contributed by atoms with Gasteiger partial charge in [0.1, 0.15) is 0 Å².